The number of rotatable bonds is 1. The van der Waals surface area contributed by atoms with Crippen LogP contribution in [-0.4, -0.2) is 18.2 Å². The van der Waals surface area contributed by atoms with E-state index in [1.165, 1.54) is 44.9 Å². The summed E-state index contributed by atoms with van der Waals surface area (Å²) in [6.07, 6.45) is 9.49. The Kier molecular flexibility index (Phi) is 2.37. The molecule has 1 atom stereocenters. The van der Waals surface area contributed by atoms with Gasteiger partial charge in [-0.3, -0.25) is 0 Å². The summed E-state index contributed by atoms with van der Waals surface area (Å²) in [6, 6.07) is 0. The molecule has 1 aliphatic carbocycles. The second kappa shape index (κ2) is 3.35. The van der Waals surface area contributed by atoms with Crippen LogP contribution in [0.25, 0.3) is 0 Å². The quantitative estimate of drug-likeness (QED) is 0.650. The highest BCUT2D eigenvalue weighted by atomic mass is 16.5. The van der Waals surface area contributed by atoms with Crippen molar-refractivity contribution < 1.29 is 4.74 Å². The van der Waals surface area contributed by atoms with E-state index in [0.717, 1.165) is 0 Å². The van der Waals surface area contributed by atoms with Crippen LogP contribution in [0.4, 0.5) is 0 Å². The largest absolute Gasteiger partial charge is 0.370 e. The molecule has 1 saturated carbocycles. The van der Waals surface area contributed by atoms with Crippen LogP contribution in [0, 0.1) is 0 Å². The van der Waals surface area contributed by atoms with Gasteiger partial charge in [0.2, 0.25) is 0 Å². The van der Waals surface area contributed by atoms with Gasteiger partial charge in [-0.15, -0.1) is 0 Å². The molecule has 2 rings (SSSR count). The van der Waals surface area contributed by atoms with E-state index in [1.54, 1.807) is 0 Å². The van der Waals surface area contributed by atoms with Crippen LogP contribution < -0.4 is 5.73 Å². The monoisotopic (exact) mass is 169 g/mol. The molecule has 0 aromatic rings. The van der Waals surface area contributed by atoms with E-state index >= 15 is 0 Å². The molecule has 1 saturated heterocycles. The van der Waals surface area contributed by atoms with Crippen LogP contribution in [0.1, 0.15) is 44.9 Å². The highest BCUT2D eigenvalue weighted by molar-refractivity contribution is 4.91. The van der Waals surface area contributed by atoms with Gasteiger partial charge in [0.15, 0.2) is 0 Å². The lowest BCUT2D eigenvalue weighted by Crippen LogP contribution is -2.33. The van der Waals surface area contributed by atoms with Gasteiger partial charge in [0.1, 0.15) is 0 Å². The molecule has 1 unspecified atom stereocenters. The molecule has 1 spiro atoms. The van der Waals surface area contributed by atoms with Crippen molar-refractivity contribution in [3.63, 3.8) is 0 Å². The Bertz CT molecular complexity index is 152. The Morgan fingerprint density at radius 2 is 1.92 bits per heavy atom. The Morgan fingerprint density at radius 1 is 1.17 bits per heavy atom. The molecule has 2 fully saturated rings. The van der Waals surface area contributed by atoms with E-state index in [4.69, 9.17) is 10.5 Å². The summed E-state index contributed by atoms with van der Waals surface area (Å²) in [5.74, 6) is 0. The zero-order valence-corrected chi connectivity index (χ0v) is 7.72. The average molecular weight is 169 g/mol. The first-order valence-electron chi connectivity index (χ1n) is 5.23. The highest BCUT2D eigenvalue weighted by Crippen LogP contribution is 2.41. The zero-order chi connectivity index (χ0) is 8.44. The van der Waals surface area contributed by atoms with Crippen molar-refractivity contribution in [2.75, 3.05) is 6.54 Å². The summed E-state index contributed by atoms with van der Waals surface area (Å²) in [6.45, 7) is 0.710. The summed E-state index contributed by atoms with van der Waals surface area (Å²) in [5, 5.41) is 0. The van der Waals surface area contributed by atoms with Gasteiger partial charge < -0.3 is 10.5 Å². The average Bonchev–Trinajstić information content (AvgIpc) is 2.50. The summed E-state index contributed by atoms with van der Waals surface area (Å²) >= 11 is 0. The summed E-state index contributed by atoms with van der Waals surface area (Å²) < 4.78 is 6.01. The summed E-state index contributed by atoms with van der Waals surface area (Å²) in [5.41, 5.74) is 5.86. The fourth-order valence-corrected chi connectivity index (χ4v) is 2.63. The van der Waals surface area contributed by atoms with Crippen molar-refractivity contribution in [3.05, 3.63) is 0 Å². The van der Waals surface area contributed by atoms with Crippen molar-refractivity contribution in [1.29, 1.82) is 0 Å². The van der Waals surface area contributed by atoms with Gasteiger partial charge in [0.25, 0.3) is 0 Å². The molecule has 0 aromatic carbocycles. The lowest BCUT2D eigenvalue weighted by atomic mass is 9.83. The van der Waals surface area contributed by atoms with Gasteiger partial charge in [0.05, 0.1) is 11.7 Å². The van der Waals surface area contributed by atoms with E-state index in [2.05, 4.69) is 0 Å². The van der Waals surface area contributed by atoms with Crippen LogP contribution in [0.2, 0.25) is 0 Å². The van der Waals surface area contributed by atoms with Gasteiger partial charge in [-0.2, -0.15) is 0 Å². The standard InChI is InChI=1S/C10H19NO/c11-8-9-4-7-10(12-9)5-2-1-3-6-10/h9H,1-8,11H2. The highest BCUT2D eigenvalue weighted by Gasteiger charge is 2.39. The summed E-state index contributed by atoms with van der Waals surface area (Å²) in [4.78, 5) is 0. The fraction of sp³-hybridized carbons (Fsp3) is 1.00. The lowest BCUT2D eigenvalue weighted by Gasteiger charge is -2.33. The van der Waals surface area contributed by atoms with Crippen LogP contribution in [-0.2, 0) is 4.74 Å². The van der Waals surface area contributed by atoms with E-state index in [1.807, 2.05) is 0 Å². The molecule has 1 aliphatic heterocycles. The van der Waals surface area contributed by atoms with Gasteiger partial charge in [-0.1, -0.05) is 19.3 Å². The van der Waals surface area contributed by atoms with Crippen molar-refractivity contribution in [1.82, 2.24) is 0 Å². The SMILES string of the molecule is NCC1CCC2(CCCCC2)O1. The first-order valence-corrected chi connectivity index (χ1v) is 5.23. The fourth-order valence-electron chi connectivity index (χ4n) is 2.63. The molecule has 1 heterocycles. The molecule has 0 aromatic heterocycles. The molecule has 2 aliphatic rings. The number of nitrogens with two attached hydrogens (primary N) is 1. The number of ether oxygens (including phenoxy) is 1. The third-order valence-electron chi connectivity index (χ3n) is 3.37. The molecule has 0 radical (unpaired) electrons. The topological polar surface area (TPSA) is 35.2 Å². The Morgan fingerprint density at radius 3 is 2.50 bits per heavy atom. The molecule has 0 amide bonds. The molecule has 12 heavy (non-hydrogen) atoms. The van der Waals surface area contributed by atoms with Crippen LogP contribution in [0.5, 0.6) is 0 Å². The lowest BCUT2D eigenvalue weighted by molar-refractivity contribution is -0.0600. The molecule has 2 N–H and O–H groups in total. The minimum Gasteiger partial charge on any atom is -0.370 e. The third-order valence-corrected chi connectivity index (χ3v) is 3.37. The molecule has 2 heteroatoms. The van der Waals surface area contributed by atoms with Gasteiger partial charge in [-0.25, -0.2) is 0 Å². The van der Waals surface area contributed by atoms with Gasteiger partial charge in [0, 0.05) is 6.54 Å². The van der Waals surface area contributed by atoms with Crippen molar-refractivity contribution >= 4 is 0 Å². The minimum absolute atomic E-state index is 0.266. The third kappa shape index (κ3) is 1.50. The second-order valence-electron chi connectivity index (χ2n) is 4.26. The maximum Gasteiger partial charge on any atom is 0.0705 e. The maximum absolute atomic E-state index is 6.01. The molecular weight excluding hydrogens is 150 g/mol. The maximum atomic E-state index is 6.01. The zero-order valence-electron chi connectivity index (χ0n) is 7.72. The van der Waals surface area contributed by atoms with Crippen LogP contribution in [0.15, 0.2) is 0 Å². The Balaban J connectivity index is 1.94. The minimum atomic E-state index is 0.266. The van der Waals surface area contributed by atoms with Crippen LogP contribution in [0.3, 0.4) is 0 Å². The van der Waals surface area contributed by atoms with Crippen molar-refractivity contribution in [2.45, 2.75) is 56.7 Å². The predicted octanol–water partition coefficient (Wildman–Crippen LogP) is 1.83. The smallest absolute Gasteiger partial charge is 0.0705 e. The number of hydrogen-bond acceptors (Lipinski definition) is 2. The Hall–Kier alpha value is -0.0800. The Labute approximate surface area is 74.5 Å². The van der Waals surface area contributed by atoms with E-state index in [-0.39, 0.29) is 5.60 Å². The van der Waals surface area contributed by atoms with Crippen molar-refractivity contribution in [2.24, 2.45) is 5.73 Å². The van der Waals surface area contributed by atoms with Crippen LogP contribution >= 0.6 is 0 Å². The van der Waals surface area contributed by atoms with Gasteiger partial charge >= 0.3 is 0 Å². The second-order valence-corrected chi connectivity index (χ2v) is 4.26. The van der Waals surface area contributed by atoms with Crippen molar-refractivity contribution in [3.8, 4) is 0 Å². The first kappa shape index (κ1) is 8.52. The molecule has 0 bridgehead atoms. The molecular formula is C10H19NO. The van der Waals surface area contributed by atoms with E-state index < -0.39 is 0 Å². The van der Waals surface area contributed by atoms with E-state index in [9.17, 15) is 0 Å². The molecule has 70 valence electrons. The molecule has 2 nitrogen and oxygen atoms in total. The predicted molar refractivity (Wildman–Crippen MR) is 49.0 cm³/mol. The number of hydrogen-bond donors (Lipinski definition) is 1. The van der Waals surface area contributed by atoms with E-state index in [0.29, 0.717) is 12.6 Å². The van der Waals surface area contributed by atoms with Gasteiger partial charge in [-0.05, 0) is 25.7 Å². The summed E-state index contributed by atoms with van der Waals surface area (Å²) in [7, 11) is 0. The normalized spacial score (nSPS) is 34.2. The first-order chi connectivity index (χ1) is 5.85.